The molecule has 0 spiro atoms. The highest BCUT2D eigenvalue weighted by molar-refractivity contribution is 7.80. The molecule has 1 atom stereocenters. The molecule has 1 heterocycles. The number of carbonyl (C=O) groups is 1. The molecule has 7 nitrogen and oxygen atoms in total. The van der Waals surface area contributed by atoms with Crippen molar-refractivity contribution in [3.8, 4) is 17.2 Å². The number of hydrogen-bond acceptors (Lipinski definition) is 6. The van der Waals surface area contributed by atoms with Crippen LogP contribution in [0.15, 0.2) is 60.7 Å². The Bertz CT molecular complexity index is 1260. The summed E-state index contributed by atoms with van der Waals surface area (Å²) in [7, 11) is 3.27. The summed E-state index contributed by atoms with van der Waals surface area (Å²) >= 11 is 5.87. The first-order chi connectivity index (χ1) is 17.9. The van der Waals surface area contributed by atoms with Crippen molar-refractivity contribution in [3.63, 3.8) is 0 Å². The van der Waals surface area contributed by atoms with E-state index in [0.29, 0.717) is 41.1 Å². The van der Waals surface area contributed by atoms with Crippen LogP contribution < -0.4 is 19.5 Å². The molecule has 0 fully saturated rings. The number of thiocarbonyl (C=S) groups is 1. The molecule has 4 rings (SSSR count). The van der Waals surface area contributed by atoms with Gasteiger partial charge in [0.1, 0.15) is 12.4 Å². The number of esters is 1. The number of hydrogen-bond donors (Lipinski definition) is 1. The van der Waals surface area contributed by atoms with Crippen LogP contribution in [0, 0.1) is 6.92 Å². The molecule has 0 aliphatic carbocycles. The summed E-state index contributed by atoms with van der Waals surface area (Å²) in [5, 5.41) is 4.01. The summed E-state index contributed by atoms with van der Waals surface area (Å²) in [6, 6.07) is 19.0. The smallest absolute Gasteiger partial charge is 0.338 e. The van der Waals surface area contributed by atoms with E-state index in [4.69, 9.17) is 31.2 Å². The zero-order chi connectivity index (χ0) is 26.4. The average Bonchev–Trinajstić information content (AvgIpc) is 2.91. The Balaban J connectivity index is 1.60. The van der Waals surface area contributed by atoms with Crippen molar-refractivity contribution in [1.29, 1.82) is 0 Å². The minimum absolute atomic E-state index is 0.168. The van der Waals surface area contributed by atoms with Gasteiger partial charge < -0.3 is 29.2 Å². The maximum Gasteiger partial charge on any atom is 0.338 e. The van der Waals surface area contributed by atoms with Crippen molar-refractivity contribution in [3.05, 3.63) is 82.9 Å². The predicted octanol–water partition coefficient (Wildman–Crippen LogP) is 5.56. The third-order valence-corrected chi connectivity index (χ3v) is 6.64. The summed E-state index contributed by atoms with van der Waals surface area (Å²) in [6.45, 7) is 5.23. The first-order valence-electron chi connectivity index (χ1n) is 12.2. The zero-order valence-electron chi connectivity index (χ0n) is 21.6. The zero-order valence-corrected chi connectivity index (χ0v) is 22.4. The molecule has 0 saturated carbocycles. The van der Waals surface area contributed by atoms with Crippen LogP contribution in [0.5, 0.6) is 17.2 Å². The van der Waals surface area contributed by atoms with Gasteiger partial charge in [-0.1, -0.05) is 12.1 Å². The Labute approximate surface area is 223 Å². The Hall–Kier alpha value is -3.78. The van der Waals surface area contributed by atoms with Crippen LogP contribution in [0.3, 0.4) is 0 Å². The van der Waals surface area contributed by atoms with Gasteiger partial charge in [-0.3, -0.25) is 0 Å². The van der Waals surface area contributed by atoms with Crippen molar-refractivity contribution in [2.75, 3.05) is 39.3 Å². The Kier molecular flexibility index (Phi) is 8.50. The van der Waals surface area contributed by atoms with Gasteiger partial charge in [-0.15, -0.1) is 0 Å². The van der Waals surface area contributed by atoms with Crippen LogP contribution in [0.2, 0.25) is 0 Å². The number of nitrogens with zero attached hydrogens (tertiary/aromatic N) is 1. The molecule has 1 N–H and O–H groups in total. The number of aryl methyl sites for hydroxylation is 1. The highest BCUT2D eigenvalue weighted by Crippen LogP contribution is 2.38. The van der Waals surface area contributed by atoms with Gasteiger partial charge in [-0.2, -0.15) is 0 Å². The molecule has 0 amide bonds. The van der Waals surface area contributed by atoms with E-state index in [0.717, 1.165) is 29.8 Å². The van der Waals surface area contributed by atoms with Gasteiger partial charge in [0.25, 0.3) is 0 Å². The molecule has 1 aliphatic heterocycles. The SMILES string of the molecule is CCOC(=O)c1ccc(OC[C@H]2c3cc(OC)c(OC)cc3CCN2C(=S)Nc2cccc(C)c2)cc1. The topological polar surface area (TPSA) is 69.3 Å². The maximum absolute atomic E-state index is 12.0. The molecule has 0 saturated heterocycles. The number of ether oxygens (including phenoxy) is 4. The van der Waals surface area contributed by atoms with Crippen molar-refractivity contribution >= 4 is 29.0 Å². The normalized spacial score (nSPS) is 14.4. The van der Waals surface area contributed by atoms with Gasteiger partial charge in [0.05, 0.1) is 32.4 Å². The van der Waals surface area contributed by atoms with E-state index in [-0.39, 0.29) is 12.0 Å². The van der Waals surface area contributed by atoms with E-state index in [9.17, 15) is 4.79 Å². The monoisotopic (exact) mass is 520 g/mol. The molecule has 8 heteroatoms. The van der Waals surface area contributed by atoms with E-state index < -0.39 is 0 Å². The lowest BCUT2D eigenvalue weighted by atomic mass is 9.92. The summed E-state index contributed by atoms with van der Waals surface area (Å²) in [5.74, 6) is 1.65. The lowest BCUT2D eigenvalue weighted by Gasteiger charge is -2.39. The molecule has 194 valence electrons. The Morgan fingerprint density at radius 1 is 1.05 bits per heavy atom. The lowest BCUT2D eigenvalue weighted by Crippen LogP contribution is -2.44. The first kappa shape index (κ1) is 26.3. The first-order valence-corrected chi connectivity index (χ1v) is 12.6. The molecule has 3 aromatic carbocycles. The van der Waals surface area contributed by atoms with Crippen LogP contribution in [0.1, 0.15) is 40.0 Å². The second-order valence-corrected chi connectivity index (χ2v) is 9.11. The molecular weight excluding hydrogens is 488 g/mol. The van der Waals surface area contributed by atoms with E-state index in [2.05, 4.69) is 29.3 Å². The fraction of sp³-hybridized carbons (Fsp3) is 0.310. The molecule has 0 radical (unpaired) electrons. The van der Waals surface area contributed by atoms with Crippen LogP contribution in [-0.2, 0) is 11.2 Å². The Morgan fingerprint density at radius 3 is 2.46 bits per heavy atom. The van der Waals surface area contributed by atoms with Crippen molar-refractivity contribution in [2.45, 2.75) is 26.3 Å². The third kappa shape index (κ3) is 6.14. The molecule has 3 aromatic rings. The van der Waals surface area contributed by atoms with Crippen molar-refractivity contribution in [1.82, 2.24) is 4.90 Å². The average molecular weight is 521 g/mol. The van der Waals surface area contributed by atoms with Gasteiger partial charge in [0, 0.05) is 12.2 Å². The number of methoxy groups -OCH3 is 2. The molecular formula is C29H32N2O5S. The standard InChI is InChI=1S/C29H32N2O5S/c1-5-35-28(32)20-9-11-23(12-10-20)36-18-25-24-17-27(34-4)26(33-3)16-21(24)13-14-31(25)29(37)30-22-8-6-7-19(2)15-22/h6-12,15-17,25H,5,13-14,18H2,1-4H3,(H,30,37)/t25-/m0/s1. The molecule has 37 heavy (non-hydrogen) atoms. The molecule has 0 bridgehead atoms. The number of rotatable bonds is 8. The van der Waals surface area contributed by atoms with Crippen molar-refractivity contribution in [2.24, 2.45) is 0 Å². The second kappa shape index (κ2) is 12.0. The summed E-state index contributed by atoms with van der Waals surface area (Å²) in [5.41, 5.74) is 4.82. The summed E-state index contributed by atoms with van der Waals surface area (Å²) in [4.78, 5) is 14.1. The fourth-order valence-electron chi connectivity index (χ4n) is 4.45. The van der Waals surface area contributed by atoms with Gasteiger partial charge in [-0.05, 0) is 97.7 Å². The molecule has 0 aromatic heterocycles. The van der Waals surface area contributed by atoms with Crippen LogP contribution in [0.25, 0.3) is 0 Å². The quantitative estimate of drug-likeness (QED) is 0.306. The summed E-state index contributed by atoms with van der Waals surface area (Å²) in [6.07, 6.45) is 0.802. The minimum Gasteiger partial charge on any atom is -0.493 e. The molecule has 0 unspecified atom stereocenters. The number of nitrogens with one attached hydrogen (secondary N) is 1. The number of anilines is 1. The molecule has 1 aliphatic rings. The van der Waals surface area contributed by atoms with Gasteiger partial charge in [0.2, 0.25) is 0 Å². The lowest BCUT2D eigenvalue weighted by molar-refractivity contribution is 0.0526. The number of fused-ring (bicyclic) bond motifs is 1. The van der Waals surface area contributed by atoms with Crippen molar-refractivity contribution < 1.29 is 23.7 Å². The maximum atomic E-state index is 12.0. The predicted molar refractivity (Wildman–Crippen MR) is 148 cm³/mol. The number of benzene rings is 3. The third-order valence-electron chi connectivity index (χ3n) is 6.31. The van der Waals surface area contributed by atoms with Crippen LogP contribution in [-0.4, -0.2) is 50.0 Å². The summed E-state index contributed by atoms with van der Waals surface area (Å²) < 4.78 is 22.4. The minimum atomic E-state index is -0.352. The van der Waals surface area contributed by atoms with Gasteiger partial charge in [0.15, 0.2) is 16.6 Å². The van der Waals surface area contributed by atoms with E-state index in [1.54, 1.807) is 45.4 Å². The number of carbonyl (C=O) groups excluding carboxylic acids is 1. The highest BCUT2D eigenvalue weighted by atomic mass is 32.1. The van der Waals surface area contributed by atoms with Gasteiger partial charge in [-0.25, -0.2) is 4.79 Å². The van der Waals surface area contributed by atoms with E-state index >= 15 is 0 Å². The fourth-order valence-corrected chi connectivity index (χ4v) is 4.78. The van der Waals surface area contributed by atoms with Crippen LogP contribution >= 0.6 is 12.2 Å². The van der Waals surface area contributed by atoms with Gasteiger partial charge >= 0.3 is 5.97 Å². The largest absolute Gasteiger partial charge is 0.493 e. The van der Waals surface area contributed by atoms with Crippen LogP contribution in [0.4, 0.5) is 5.69 Å². The second-order valence-electron chi connectivity index (χ2n) is 8.72. The van der Waals surface area contributed by atoms with E-state index in [1.165, 1.54) is 5.56 Å². The van der Waals surface area contributed by atoms with E-state index in [1.807, 2.05) is 24.3 Å². The Morgan fingerprint density at radius 2 is 1.78 bits per heavy atom. The highest BCUT2D eigenvalue weighted by Gasteiger charge is 2.31.